The normalized spacial score (nSPS) is 11.9. The Morgan fingerprint density at radius 2 is 2.13 bits per heavy atom. The van der Waals surface area contributed by atoms with Gasteiger partial charge in [0, 0.05) is 18.7 Å². The van der Waals surface area contributed by atoms with Crippen molar-refractivity contribution in [3.05, 3.63) is 18.2 Å². The van der Waals surface area contributed by atoms with Crippen molar-refractivity contribution in [2.75, 3.05) is 11.5 Å². The summed E-state index contributed by atoms with van der Waals surface area (Å²) in [6, 6.07) is 4.96. The number of nitrogen functional groups attached to an aromatic ring is 2. The van der Waals surface area contributed by atoms with Crippen molar-refractivity contribution in [1.82, 2.24) is 5.32 Å². The zero-order valence-corrected chi connectivity index (χ0v) is 8.78. The second-order valence-electron chi connectivity index (χ2n) is 3.26. The van der Waals surface area contributed by atoms with Crippen LogP contribution in [0.2, 0.25) is 0 Å². The lowest BCUT2D eigenvalue weighted by atomic mass is 10.2. The van der Waals surface area contributed by atoms with Gasteiger partial charge < -0.3 is 21.5 Å². The third kappa shape index (κ3) is 3.38. The fourth-order valence-corrected chi connectivity index (χ4v) is 1.16. The summed E-state index contributed by atoms with van der Waals surface area (Å²) in [5.74, 6) is 0.307. The maximum atomic E-state index is 10.7. The van der Waals surface area contributed by atoms with Crippen LogP contribution in [0.5, 0.6) is 5.75 Å². The van der Waals surface area contributed by atoms with Crippen LogP contribution in [0.1, 0.15) is 13.8 Å². The molecule has 82 valence electrons. The SMILES string of the molecule is CC(=O)NC(C)Oc1cc(N)ccc1N. The van der Waals surface area contributed by atoms with E-state index in [0.717, 1.165) is 0 Å². The molecule has 0 fully saturated rings. The van der Waals surface area contributed by atoms with Gasteiger partial charge in [-0.05, 0) is 19.1 Å². The van der Waals surface area contributed by atoms with E-state index in [1.54, 1.807) is 25.1 Å². The van der Waals surface area contributed by atoms with Crippen LogP contribution in [-0.4, -0.2) is 12.1 Å². The minimum Gasteiger partial charge on any atom is -0.469 e. The number of carbonyl (C=O) groups excluding carboxylic acids is 1. The van der Waals surface area contributed by atoms with E-state index in [2.05, 4.69) is 5.32 Å². The largest absolute Gasteiger partial charge is 0.469 e. The van der Waals surface area contributed by atoms with E-state index in [1.165, 1.54) is 6.92 Å². The Labute approximate surface area is 88.4 Å². The Bertz CT molecular complexity index is 366. The van der Waals surface area contributed by atoms with Gasteiger partial charge in [0.1, 0.15) is 5.75 Å². The second kappa shape index (κ2) is 4.54. The number of carbonyl (C=O) groups is 1. The minimum atomic E-state index is -0.438. The van der Waals surface area contributed by atoms with Crippen LogP contribution >= 0.6 is 0 Å². The van der Waals surface area contributed by atoms with Gasteiger partial charge in [-0.2, -0.15) is 0 Å². The van der Waals surface area contributed by atoms with Crippen LogP contribution in [0, 0.1) is 0 Å². The molecule has 0 aliphatic heterocycles. The molecular formula is C10H15N3O2. The highest BCUT2D eigenvalue weighted by atomic mass is 16.5. The molecule has 0 aliphatic carbocycles. The molecule has 0 bridgehead atoms. The maximum absolute atomic E-state index is 10.7. The van der Waals surface area contributed by atoms with Gasteiger partial charge in [0.2, 0.25) is 5.91 Å². The molecule has 1 unspecified atom stereocenters. The lowest BCUT2D eigenvalue weighted by molar-refractivity contribution is -0.121. The van der Waals surface area contributed by atoms with Gasteiger partial charge in [-0.15, -0.1) is 0 Å². The summed E-state index contributed by atoms with van der Waals surface area (Å²) in [6.45, 7) is 3.13. The van der Waals surface area contributed by atoms with Gasteiger partial charge in [-0.25, -0.2) is 0 Å². The fraction of sp³-hybridized carbons (Fsp3) is 0.300. The summed E-state index contributed by atoms with van der Waals surface area (Å²) in [4.78, 5) is 10.7. The van der Waals surface area contributed by atoms with Crippen molar-refractivity contribution >= 4 is 17.3 Å². The van der Waals surface area contributed by atoms with Gasteiger partial charge in [0.25, 0.3) is 0 Å². The first-order valence-electron chi connectivity index (χ1n) is 4.58. The molecule has 0 saturated carbocycles. The first-order valence-corrected chi connectivity index (χ1v) is 4.58. The van der Waals surface area contributed by atoms with Gasteiger partial charge in [0.05, 0.1) is 5.69 Å². The molecule has 15 heavy (non-hydrogen) atoms. The van der Waals surface area contributed by atoms with Crippen molar-refractivity contribution in [3.63, 3.8) is 0 Å². The van der Waals surface area contributed by atoms with Gasteiger partial charge in [0.15, 0.2) is 6.23 Å². The van der Waals surface area contributed by atoms with Crippen molar-refractivity contribution in [2.24, 2.45) is 0 Å². The molecule has 1 aromatic rings. The number of nitrogens with one attached hydrogen (secondary N) is 1. The van der Waals surface area contributed by atoms with Crippen LogP contribution in [0.15, 0.2) is 18.2 Å². The highest BCUT2D eigenvalue weighted by Crippen LogP contribution is 2.24. The number of amides is 1. The molecule has 1 atom stereocenters. The van der Waals surface area contributed by atoms with Crippen molar-refractivity contribution in [2.45, 2.75) is 20.1 Å². The topological polar surface area (TPSA) is 90.4 Å². The van der Waals surface area contributed by atoms with E-state index >= 15 is 0 Å². The molecule has 5 heteroatoms. The van der Waals surface area contributed by atoms with Gasteiger partial charge in [-0.1, -0.05) is 0 Å². The summed E-state index contributed by atoms with van der Waals surface area (Å²) >= 11 is 0. The van der Waals surface area contributed by atoms with Crippen LogP contribution in [0.3, 0.4) is 0 Å². The van der Waals surface area contributed by atoms with E-state index in [9.17, 15) is 4.79 Å². The summed E-state index contributed by atoms with van der Waals surface area (Å²) in [5, 5.41) is 2.58. The molecule has 0 radical (unpaired) electrons. The van der Waals surface area contributed by atoms with E-state index in [0.29, 0.717) is 17.1 Å². The third-order valence-corrected chi connectivity index (χ3v) is 1.75. The molecule has 5 nitrogen and oxygen atoms in total. The zero-order valence-electron chi connectivity index (χ0n) is 8.78. The van der Waals surface area contributed by atoms with Gasteiger partial charge in [-0.3, -0.25) is 4.79 Å². The van der Waals surface area contributed by atoms with E-state index in [-0.39, 0.29) is 5.91 Å². The Hall–Kier alpha value is -1.91. The standard InChI is InChI=1S/C10H15N3O2/c1-6(14)13-7(2)15-10-5-8(11)3-4-9(10)12/h3-5,7H,11-12H2,1-2H3,(H,13,14). The Morgan fingerprint density at radius 3 is 2.73 bits per heavy atom. The number of hydrogen-bond donors (Lipinski definition) is 3. The molecule has 5 N–H and O–H groups in total. The van der Waals surface area contributed by atoms with Crippen molar-refractivity contribution < 1.29 is 9.53 Å². The Balaban J connectivity index is 2.71. The number of hydrogen-bond acceptors (Lipinski definition) is 4. The minimum absolute atomic E-state index is 0.162. The second-order valence-corrected chi connectivity index (χ2v) is 3.26. The Kier molecular flexibility index (Phi) is 3.38. The lowest BCUT2D eigenvalue weighted by Crippen LogP contribution is -2.35. The molecule has 1 amide bonds. The highest BCUT2D eigenvalue weighted by molar-refractivity contribution is 5.73. The number of benzene rings is 1. The van der Waals surface area contributed by atoms with E-state index in [1.807, 2.05) is 0 Å². The van der Waals surface area contributed by atoms with Crippen LogP contribution in [0.25, 0.3) is 0 Å². The number of nitrogens with two attached hydrogens (primary N) is 2. The quantitative estimate of drug-likeness (QED) is 0.505. The predicted molar refractivity (Wildman–Crippen MR) is 59.2 cm³/mol. The first-order chi connectivity index (χ1) is 6.99. The van der Waals surface area contributed by atoms with Gasteiger partial charge >= 0.3 is 0 Å². The third-order valence-electron chi connectivity index (χ3n) is 1.75. The molecule has 0 spiro atoms. The van der Waals surface area contributed by atoms with Crippen molar-refractivity contribution in [1.29, 1.82) is 0 Å². The molecule has 0 aromatic heterocycles. The van der Waals surface area contributed by atoms with Crippen LogP contribution in [0.4, 0.5) is 11.4 Å². The van der Waals surface area contributed by atoms with Crippen LogP contribution < -0.4 is 21.5 Å². The summed E-state index contributed by atoms with van der Waals surface area (Å²) in [7, 11) is 0. The number of anilines is 2. The Morgan fingerprint density at radius 1 is 1.47 bits per heavy atom. The van der Waals surface area contributed by atoms with Crippen molar-refractivity contribution in [3.8, 4) is 5.75 Å². The monoisotopic (exact) mass is 209 g/mol. The molecule has 1 rings (SSSR count). The average molecular weight is 209 g/mol. The average Bonchev–Trinajstić information content (AvgIpc) is 2.10. The molecule has 1 aromatic carbocycles. The van der Waals surface area contributed by atoms with E-state index < -0.39 is 6.23 Å². The molecule has 0 heterocycles. The molecule has 0 aliphatic rings. The highest BCUT2D eigenvalue weighted by Gasteiger charge is 2.07. The first kappa shape index (κ1) is 11.2. The molecular weight excluding hydrogens is 194 g/mol. The number of rotatable bonds is 3. The maximum Gasteiger partial charge on any atom is 0.219 e. The zero-order chi connectivity index (χ0) is 11.4. The number of ether oxygens (including phenoxy) is 1. The predicted octanol–water partition coefficient (Wildman–Crippen LogP) is 0.712. The summed E-state index contributed by atoms with van der Waals surface area (Å²) in [6.07, 6.45) is -0.438. The molecule has 0 saturated heterocycles. The smallest absolute Gasteiger partial charge is 0.219 e. The van der Waals surface area contributed by atoms with E-state index in [4.69, 9.17) is 16.2 Å². The summed E-state index contributed by atoms with van der Waals surface area (Å²) in [5.41, 5.74) is 12.3. The fourth-order valence-electron chi connectivity index (χ4n) is 1.16. The van der Waals surface area contributed by atoms with Crippen LogP contribution in [-0.2, 0) is 4.79 Å². The summed E-state index contributed by atoms with van der Waals surface area (Å²) < 4.78 is 5.40. The lowest BCUT2D eigenvalue weighted by Gasteiger charge is -2.16.